The van der Waals surface area contributed by atoms with Crippen molar-refractivity contribution in [2.75, 3.05) is 0 Å². The molecule has 1 aromatic heterocycles. The first-order valence-electron chi connectivity index (χ1n) is 7.90. The van der Waals surface area contributed by atoms with Gasteiger partial charge in [-0.05, 0) is 48.7 Å². The van der Waals surface area contributed by atoms with Gasteiger partial charge >= 0.3 is 0 Å². The van der Waals surface area contributed by atoms with Crippen LogP contribution in [0.15, 0.2) is 48.5 Å². The van der Waals surface area contributed by atoms with Gasteiger partial charge in [0.2, 0.25) is 5.91 Å². The molecule has 3 nitrogen and oxygen atoms in total. The Hall–Kier alpha value is -2.39. The predicted octanol–water partition coefficient (Wildman–Crippen LogP) is 4.36. The number of hydrogen-bond acceptors (Lipinski definition) is 2. The molecule has 0 atom stereocenters. The van der Waals surface area contributed by atoms with Gasteiger partial charge in [0.25, 0.3) is 0 Å². The molecule has 4 heteroatoms. The molecule has 24 heavy (non-hydrogen) atoms. The third-order valence-electron chi connectivity index (χ3n) is 4.23. The van der Waals surface area contributed by atoms with Gasteiger partial charge in [0.1, 0.15) is 0 Å². The molecule has 1 amide bonds. The molecule has 1 N–H and O–H groups in total. The number of hydrogen-bond donors (Lipinski definition) is 1. The van der Waals surface area contributed by atoms with Gasteiger partial charge in [-0.15, -0.1) is 0 Å². The van der Waals surface area contributed by atoms with Crippen molar-refractivity contribution >= 4 is 28.4 Å². The van der Waals surface area contributed by atoms with Gasteiger partial charge in [-0.2, -0.15) is 0 Å². The number of carbonyl (C=O) groups is 1. The van der Waals surface area contributed by atoms with Crippen LogP contribution in [0.5, 0.6) is 0 Å². The molecule has 0 aliphatic rings. The second kappa shape index (κ2) is 7.02. The first kappa shape index (κ1) is 16.5. The number of para-hydroxylation sites is 1. The molecule has 3 rings (SSSR count). The van der Waals surface area contributed by atoms with Crippen LogP contribution in [0.3, 0.4) is 0 Å². The van der Waals surface area contributed by atoms with Crippen LogP contribution in [-0.4, -0.2) is 10.9 Å². The quantitative estimate of drug-likeness (QED) is 0.767. The average Bonchev–Trinajstić information content (AvgIpc) is 2.58. The summed E-state index contributed by atoms with van der Waals surface area (Å²) in [6, 6.07) is 15.5. The number of carbonyl (C=O) groups excluding carboxylic acids is 1. The zero-order valence-electron chi connectivity index (χ0n) is 13.8. The lowest BCUT2D eigenvalue weighted by molar-refractivity contribution is -0.120. The summed E-state index contributed by atoms with van der Waals surface area (Å²) in [6.07, 6.45) is 0.336. The monoisotopic (exact) mass is 338 g/mol. The Morgan fingerprint density at radius 2 is 1.79 bits per heavy atom. The van der Waals surface area contributed by atoms with Crippen LogP contribution < -0.4 is 5.32 Å². The van der Waals surface area contributed by atoms with Crippen molar-refractivity contribution in [3.8, 4) is 0 Å². The molecule has 0 bridgehead atoms. The average molecular weight is 339 g/mol. The summed E-state index contributed by atoms with van der Waals surface area (Å²) in [5, 5.41) is 4.75. The van der Waals surface area contributed by atoms with Gasteiger partial charge in [-0.1, -0.05) is 41.9 Å². The van der Waals surface area contributed by atoms with E-state index >= 15 is 0 Å². The van der Waals surface area contributed by atoms with E-state index in [2.05, 4.69) is 17.2 Å². The zero-order chi connectivity index (χ0) is 17.1. The Balaban J connectivity index is 1.74. The van der Waals surface area contributed by atoms with E-state index in [1.165, 1.54) is 0 Å². The fourth-order valence-electron chi connectivity index (χ4n) is 2.86. The number of aryl methyl sites for hydroxylation is 2. The summed E-state index contributed by atoms with van der Waals surface area (Å²) < 4.78 is 0. The van der Waals surface area contributed by atoms with Gasteiger partial charge in [0.15, 0.2) is 0 Å². The molecule has 0 aliphatic carbocycles. The van der Waals surface area contributed by atoms with Crippen molar-refractivity contribution in [1.29, 1.82) is 0 Å². The van der Waals surface area contributed by atoms with Crippen molar-refractivity contribution in [3.63, 3.8) is 0 Å². The SMILES string of the molecule is Cc1nc2ccccc2c(C)c1CC(=O)NCc1ccc(Cl)cc1. The number of halogens is 1. The molecule has 0 saturated carbocycles. The summed E-state index contributed by atoms with van der Waals surface area (Å²) >= 11 is 5.87. The standard InChI is InChI=1S/C20H19ClN2O/c1-13-17-5-3-4-6-19(17)23-14(2)18(13)11-20(24)22-12-15-7-9-16(21)10-8-15/h3-10H,11-12H2,1-2H3,(H,22,24). The summed E-state index contributed by atoms with van der Waals surface area (Å²) in [7, 11) is 0. The van der Waals surface area contributed by atoms with E-state index in [0.717, 1.165) is 33.3 Å². The minimum absolute atomic E-state index is 0.00627. The molecule has 0 spiro atoms. The highest BCUT2D eigenvalue weighted by molar-refractivity contribution is 6.30. The Morgan fingerprint density at radius 1 is 1.08 bits per heavy atom. The van der Waals surface area contributed by atoms with Crippen LogP contribution in [0.1, 0.15) is 22.4 Å². The first-order valence-corrected chi connectivity index (χ1v) is 8.28. The fourth-order valence-corrected chi connectivity index (χ4v) is 2.98. The van der Waals surface area contributed by atoms with Gasteiger partial charge < -0.3 is 5.32 Å². The number of rotatable bonds is 4. The summed E-state index contributed by atoms with van der Waals surface area (Å²) in [5.41, 5.74) is 5.03. The summed E-state index contributed by atoms with van der Waals surface area (Å²) in [6.45, 7) is 4.51. The minimum Gasteiger partial charge on any atom is -0.352 e. The lowest BCUT2D eigenvalue weighted by atomic mass is 9.99. The molecule has 3 aromatic rings. The molecule has 0 unspecified atom stereocenters. The van der Waals surface area contributed by atoms with Crippen molar-refractivity contribution in [1.82, 2.24) is 10.3 Å². The van der Waals surface area contributed by atoms with E-state index < -0.39 is 0 Å². The molecule has 122 valence electrons. The number of fused-ring (bicyclic) bond motifs is 1. The number of amides is 1. The van der Waals surface area contributed by atoms with Crippen LogP contribution in [0, 0.1) is 13.8 Å². The van der Waals surface area contributed by atoms with E-state index in [9.17, 15) is 4.79 Å². The second-order valence-electron chi connectivity index (χ2n) is 5.90. The van der Waals surface area contributed by atoms with Crippen LogP contribution in [0.2, 0.25) is 5.02 Å². The minimum atomic E-state index is -0.00627. The Kier molecular flexibility index (Phi) is 4.81. The largest absolute Gasteiger partial charge is 0.352 e. The van der Waals surface area contributed by atoms with Crippen molar-refractivity contribution in [2.45, 2.75) is 26.8 Å². The molecule has 0 fully saturated rings. The number of aromatic nitrogens is 1. The van der Waals surface area contributed by atoms with Gasteiger partial charge in [-0.3, -0.25) is 9.78 Å². The molecular weight excluding hydrogens is 320 g/mol. The van der Waals surface area contributed by atoms with E-state index in [-0.39, 0.29) is 5.91 Å². The normalized spacial score (nSPS) is 10.8. The number of nitrogens with one attached hydrogen (secondary N) is 1. The Morgan fingerprint density at radius 3 is 2.54 bits per heavy atom. The summed E-state index contributed by atoms with van der Waals surface area (Å²) in [4.78, 5) is 17.0. The van der Waals surface area contributed by atoms with Crippen LogP contribution >= 0.6 is 11.6 Å². The number of nitrogens with zero attached hydrogens (tertiary/aromatic N) is 1. The Labute approximate surface area is 146 Å². The number of benzene rings is 2. The molecule has 2 aromatic carbocycles. The zero-order valence-corrected chi connectivity index (χ0v) is 14.5. The second-order valence-corrected chi connectivity index (χ2v) is 6.33. The first-order chi connectivity index (χ1) is 11.5. The molecule has 0 aliphatic heterocycles. The lowest BCUT2D eigenvalue weighted by Crippen LogP contribution is -2.25. The maximum Gasteiger partial charge on any atom is 0.224 e. The van der Waals surface area contributed by atoms with Gasteiger partial charge in [0, 0.05) is 22.6 Å². The Bertz CT molecular complexity index is 888. The highest BCUT2D eigenvalue weighted by Crippen LogP contribution is 2.22. The van der Waals surface area contributed by atoms with E-state index in [1.807, 2.05) is 55.5 Å². The third-order valence-corrected chi connectivity index (χ3v) is 4.48. The van der Waals surface area contributed by atoms with E-state index in [4.69, 9.17) is 11.6 Å². The van der Waals surface area contributed by atoms with Crippen molar-refractivity contribution in [3.05, 3.63) is 75.9 Å². The topological polar surface area (TPSA) is 42.0 Å². The molecule has 0 saturated heterocycles. The van der Waals surface area contributed by atoms with E-state index in [1.54, 1.807) is 0 Å². The van der Waals surface area contributed by atoms with Crippen LogP contribution in [0.25, 0.3) is 10.9 Å². The molecule has 0 radical (unpaired) electrons. The van der Waals surface area contributed by atoms with Gasteiger partial charge in [0.05, 0.1) is 11.9 Å². The predicted molar refractivity (Wildman–Crippen MR) is 98.2 cm³/mol. The summed E-state index contributed by atoms with van der Waals surface area (Å²) in [5.74, 6) is -0.00627. The maximum absolute atomic E-state index is 12.3. The highest BCUT2D eigenvalue weighted by atomic mass is 35.5. The lowest BCUT2D eigenvalue weighted by Gasteiger charge is -2.12. The van der Waals surface area contributed by atoms with Crippen LogP contribution in [-0.2, 0) is 17.8 Å². The third kappa shape index (κ3) is 3.57. The highest BCUT2D eigenvalue weighted by Gasteiger charge is 2.12. The van der Waals surface area contributed by atoms with Crippen molar-refractivity contribution < 1.29 is 4.79 Å². The fraction of sp³-hybridized carbons (Fsp3) is 0.200. The van der Waals surface area contributed by atoms with Crippen LogP contribution in [0.4, 0.5) is 0 Å². The molecular formula is C20H19ClN2O. The number of pyridine rings is 1. The molecule has 1 heterocycles. The van der Waals surface area contributed by atoms with Gasteiger partial charge in [-0.25, -0.2) is 0 Å². The van der Waals surface area contributed by atoms with E-state index in [0.29, 0.717) is 18.0 Å². The maximum atomic E-state index is 12.3. The van der Waals surface area contributed by atoms with Crippen molar-refractivity contribution in [2.24, 2.45) is 0 Å². The smallest absolute Gasteiger partial charge is 0.224 e.